The average Bonchev–Trinajstić information content (AvgIpc) is 3.36. The van der Waals surface area contributed by atoms with E-state index in [9.17, 15) is 19.6 Å². The Hall–Kier alpha value is -3.66. The second-order valence-corrected chi connectivity index (χ2v) is 9.08. The normalized spacial score (nSPS) is 23.8. The first-order valence-electron chi connectivity index (χ1n) is 12.5. The highest BCUT2D eigenvalue weighted by Crippen LogP contribution is 2.46. The topological polar surface area (TPSA) is 93.5 Å². The largest absolute Gasteiger partial charge is 0.330 e. The van der Waals surface area contributed by atoms with Gasteiger partial charge in [-0.15, -0.1) is 0 Å². The first-order chi connectivity index (χ1) is 17.0. The van der Waals surface area contributed by atoms with Crippen molar-refractivity contribution in [1.82, 2.24) is 9.80 Å². The molecule has 170 valence electrons. The fourth-order valence-electron chi connectivity index (χ4n) is 4.80. The number of carbonyl (C=O) groups excluding carboxylic acids is 3. The molecule has 1 spiro atoms. The van der Waals surface area contributed by atoms with Crippen molar-refractivity contribution in [2.75, 3.05) is 18.8 Å². The highest BCUT2D eigenvalue weighted by molar-refractivity contribution is 6.07. The van der Waals surface area contributed by atoms with E-state index in [4.69, 9.17) is 4.11 Å². The fraction of sp³-hybridized carbons (Fsp3) is 0.385. The lowest BCUT2D eigenvalue weighted by atomic mass is 9.80. The van der Waals surface area contributed by atoms with Crippen LogP contribution in [0.3, 0.4) is 0 Å². The number of hydrogen-bond donors (Lipinski definition) is 1. The van der Waals surface area contributed by atoms with Gasteiger partial charge in [0.25, 0.3) is 5.91 Å². The van der Waals surface area contributed by atoms with Crippen LogP contribution in [0.4, 0.5) is 5.69 Å². The van der Waals surface area contributed by atoms with Crippen molar-refractivity contribution in [1.29, 1.82) is 5.26 Å². The molecule has 0 radical (unpaired) electrons. The molecule has 0 aliphatic carbocycles. The molecule has 2 aliphatic rings. The fourth-order valence-corrected chi connectivity index (χ4v) is 4.80. The quantitative estimate of drug-likeness (QED) is 0.762. The molecule has 1 N–H and O–H groups in total. The maximum atomic E-state index is 14.0. The number of amides is 3. The van der Waals surface area contributed by atoms with Gasteiger partial charge in [-0.25, -0.2) is 0 Å². The van der Waals surface area contributed by atoms with Crippen LogP contribution in [0.1, 0.15) is 46.7 Å². The monoisotopic (exact) mass is 447 g/mol. The van der Waals surface area contributed by atoms with E-state index in [-0.39, 0.29) is 36.8 Å². The Morgan fingerprint density at radius 1 is 1.24 bits per heavy atom. The van der Waals surface area contributed by atoms with Crippen molar-refractivity contribution in [3.05, 3.63) is 65.7 Å². The molecule has 1 fully saturated rings. The molecule has 0 saturated carbocycles. The van der Waals surface area contributed by atoms with Crippen molar-refractivity contribution >= 4 is 23.4 Å². The van der Waals surface area contributed by atoms with Gasteiger partial charge in [-0.3, -0.25) is 14.4 Å². The van der Waals surface area contributed by atoms with Gasteiger partial charge in [0.15, 0.2) is 0 Å². The molecule has 3 amide bonds. The molecule has 2 aromatic carbocycles. The molecule has 3 unspecified atom stereocenters. The minimum atomic E-state index is -2.90. The molecule has 33 heavy (non-hydrogen) atoms. The molecule has 3 atom stereocenters. The first-order valence-corrected chi connectivity index (χ1v) is 11.0. The predicted molar refractivity (Wildman–Crippen MR) is 124 cm³/mol. The maximum absolute atomic E-state index is 14.0. The van der Waals surface area contributed by atoms with Crippen molar-refractivity contribution in [3.63, 3.8) is 0 Å². The summed E-state index contributed by atoms with van der Waals surface area (Å²) in [6.45, 7) is 0.687. The maximum Gasteiger partial charge on any atom is 0.254 e. The van der Waals surface area contributed by atoms with Crippen LogP contribution in [0.25, 0.3) is 0 Å². The Balaban J connectivity index is 1.74. The highest BCUT2D eigenvalue weighted by Gasteiger charge is 2.56. The predicted octanol–water partition coefficient (Wildman–Crippen LogP) is 3.19. The summed E-state index contributed by atoms with van der Waals surface area (Å²) in [6.07, 6.45) is 0.174. The van der Waals surface area contributed by atoms with Gasteiger partial charge in [0.1, 0.15) is 12.1 Å². The van der Waals surface area contributed by atoms with Gasteiger partial charge >= 0.3 is 0 Å². The third-order valence-electron chi connectivity index (χ3n) is 6.45. The van der Waals surface area contributed by atoms with Gasteiger partial charge in [0.05, 0.1) is 11.5 Å². The average molecular weight is 448 g/mol. The standard InChI is InChI=1S/C26H28N4O3/c1-17(2)13-22(29(3)23(31)18-9-5-4-6-10-18)24(32)30-16-26(14-19(30)15-27)20-11-7-8-12-21(20)28-25(26)33/h4-12,17,19,22H,13-14,16H2,1-3H3,(H,28,33)/i3D3. The Morgan fingerprint density at radius 3 is 2.61 bits per heavy atom. The third-order valence-corrected chi connectivity index (χ3v) is 6.45. The highest BCUT2D eigenvalue weighted by atomic mass is 16.2. The molecule has 2 aliphatic heterocycles. The molecule has 0 aromatic heterocycles. The lowest BCUT2D eigenvalue weighted by Gasteiger charge is -2.33. The number of carbonyl (C=O) groups is 3. The molecule has 2 heterocycles. The number of hydrogen-bond acceptors (Lipinski definition) is 4. The van der Waals surface area contributed by atoms with Gasteiger partial charge in [-0.1, -0.05) is 50.2 Å². The molecule has 2 aromatic rings. The summed E-state index contributed by atoms with van der Waals surface area (Å²) in [5.74, 6) is -1.86. The lowest BCUT2D eigenvalue weighted by Crippen LogP contribution is -2.52. The van der Waals surface area contributed by atoms with E-state index in [0.29, 0.717) is 16.2 Å². The summed E-state index contributed by atoms with van der Waals surface area (Å²) in [6, 6.07) is 14.9. The molecule has 0 bridgehead atoms. The van der Waals surface area contributed by atoms with Crippen molar-refractivity contribution in [3.8, 4) is 6.07 Å². The van der Waals surface area contributed by atoms with Crippen LogP contribution in [0.15, 0.2) is 54.6 Å². The number of para-hydroxylation sites is 1. The Kier molecular flexibility index (Phi) is 4.98. The first kappa shape index (κ1) is 18.9. The minimum Gasteiger partial charge on any atom is -0.330 e. The number of nitriles is 1. The van der Waals surface area contributed by atoms with E-state index >= 15 is 0 Å². The Labute approximate surface area is 198 Å². The van der Waals surface area contributed by atoms with Crippen molar-refractivity contribution in [2.24, 2.45) is 5.92 Å². The molecule has 4 rings (SSSR count). The molecule has 7 nitrogen and oxygen atoms in total. The summed E-state index contributed by atoms with van der Waals surface area (Å²) in [5.41, 5.74) is 0.382. The number of nitrogens with zero attached hydrogens (tertiary/aromatic N) is 3. The van der Waals surface area contributed by atoms with E-state index < -0.39 is 36.3 Å². The van der Waals surface area contributed by atoms with Gasteiger partial charge in [0, 0.05) is 35.3 Å². The third kappa shape index (κ3) is 3.86. The van der Waals surface area contributed by atoms with Crippen molar-refractivity contribution in [2.45, 2.75) is 44.2 Å². The number of likely N-dealkylation sites (tertiary alicyclic amines) is 1. The number of anilines is 1. The van der Waals surface area contributed by atoms with Crippen molar-refractivity contribution < 1.29 is 18.5 Å². The number of fused-ring (bicyclic) bond motifs is 2. The van der Waals surface area contributed by atoms with Gasteiger partial charge in [-0.05, 0) is 36.1 Å². The smallest absolute Gasteiger partial charge is 0.254 e. The second kappa shape index (κ2) is 8.70. The van der Waals surface area contributed by atoms with Crippen LogP contribution >= 0.6 is 0 Å². The Morgan fingerprint density at radius 2 is 1.94 bits per heavy atom. The van der Waals surface area contributed by atoms with Gasteiger partial charge in [0.2, 0.25) is 11.8 Å². The number of benzene rings is 2. The van der Waals surface area contributed by atoms with Crippen LogP contribution in [-0.2, 0) is 15.0 Å². The van der Waals surface area contributed by atoms with Crippen LogP contribution in [-0.4, -0.2) is 53.1 Å². The summed E-state index contributed by atoms with van der Waals surface area (Å²) in [7, 11) is 0. The van der Waals surface area contributed by atoms with E-state index in [1.54, 1.807) is 42.5 Å². The van der Waals surface area contributed by atoms with Crippen LogP contribution in [0.5, 0.6) is 0 Å². The summed E-state index contributed by atoms with van der Waals surface area (Å²) >= 11 is 0. The van der Waals surface area contributed by atoms with Crippen LogP contribution in [0.2, 0.25) is 0 Å². The lowest BCUT2D eigenvalue weighted by molar-refractivity contribution is -0.136. The van der Waals surface area contributed by atoms with Gasteiger partial charge < -0.3 is 15.1 Å². The van der Waals surface area contributed by atoms with Crippen LogP contribution in [0, 0.1) is 17.2 Å². The number of nitrogens with one attached hydrogen (secondary N) is 1. The summed E-state index contributed by atoms with van der Waals surface area (Å²) in [5, 5.41) is 12.8. The summed E-state index contributed by atoms with van der Waals surface area (Å²) in [4.78, 5) is 42.5. The molecular formula is C26H28N4O3. The minimum absolute atomic E-state index is 0.0735. The molecular weight excluding hydrogens is 416 g/mol. The zero-order valence-electron chi connectivity index (χ0n) is 21.6. The second-order valence-electron chi connectivity index (χ2n) is 9.08. The van der Waals surface area contributed by atoms with Crippen LogP contribution < -0.4 is 5.32 Å². The molecule has 1 saturated heterocycles. The zero-order valence-corrected chi connectivity index (χ0v) is 18.6. The number of likely N-dealkylation sites (N-methyl/N-ethyl adjacent to an activating group) is 1. The van der Waals surface area contributed by atoms with E-state index in [1.807, 2.05) is 13.8 Å². The van der Waals surface area contributed by atoms with E-state index in [0.717, 1.165) is 0 Å². The summed E-state index contributed by atoms with van der Waals surface area (Å²) < 4.78 is 24.4. The zero-order chi connectivity index (χ0) is 26.3. The Bertz CT molecular complexity index is 1220. The SMILES string of the molecule is [2H]C([2H])([2H])N(C(=O)c1ccccc1)C(CC(C)C)C(=O)N1CC2(CC1C#N)C(=O)Nc1ccccc12. The van der Waals surface area contributed by atoms with E-state index in [2.05, 4.69) is 11.4 Å². The van der Waals surface area contributed by atoms with Gasteiger partial charge in [-0.2, -0.15) is 5.26 Å². The molecule has 7 heteroatoms. The van der Waals surface area contributed by atoms with E-state index in [1.165, 1.54) is 17.0 Å². The number of rotatable bonds is 5.